The van der Waals surface area contributed by atoms with Crippen molar-refractivity contribution in [2.24, 2.45) is 0 Å². The molecular weight excluding hydrogens is 392 g/mol. The fourth-order valence-electron chi connectivity index (χ4n) is 2.66. The number of halogens is 1. The second-order valence-corrected chi connectivity index (χ2v) is 6.73. The topological polar surface area (TPSA) is 75.7 Å². The molecule has 2 aromatic carbocycles. The zero-order chi connectivity index (χ0) is 20.8. The van der Waals surface area contributed by atoms with Crippen LogP contribution in [0.15, 0.2) is 59.0 Å². The van der Waals surface area contributed by atoms with Crippen molar-refractivity contribution in [3.63, 3.8) is 0 Å². The number of carbonyl (C=O) groups excluding carboxylic acids is 1. The maximum atomic E-state index is 12.4. The number of ether oxygens (including phenoxy) is 2. The van der Waals surface area contributed by atoms with E-state index in [0.717, 1.165) is 5.56 Å². The molecule has 0 saturated carbocycles. The maximum Gasteiger partial charge on any atom is 0.260 e. The number of benzene rings is 2. The number of rotatable bonds is 7. The summed E-state index contributed by atoms with van der Waals surface area (Å²) in [6, 6.07) is 17.8. The monoisotopic (exact) mass is 410 g/mol. The van der Waals surface area contributed by atoms with Crippen LogP contribution in [0.2, 0.25) is 5.02 Å². The van der Waals surface area contributed by atoms with Crippen LogP contribution in [0, 0.1) is 11.3 Å². The minimum absolute atomic E-state index is 0.163. The molecular formula is C22H19ClN2O4. The van der Waals surface area contributed by atoms with E-state index in [4.69, 9.17) is 30.8 Å². The minimum Gasteiger partial charge on any atom is -0.493 e. The van der Waals surface area contributed by atoms with E-state index in [9.17, 15) is 4.79 Å². The first-order chi connectivity index (χ1) is 14.0. The van der Waals surface area contributed by atoms with E-state index in [1.165, 1.54) is 12.0 Å². The molecule has 0 aliphatic carbocycles. The molecule has 0 saturated heterocycles. The number of hydrogen-bond acceptors (Lipinski definition) is 5. The minimum atomic E-state index is -0.221. The van der Waals surface area contributed by atoms with Gasteiger partial charge in [-0.15, -0.1) is 0 Å². The van der Waals surface area contributed by atoms with Crippen molar-refractivity contribution in [3.8, 4) is 28.9 Å². The summed E-state index contributed by atoms with van der Waals surface area (Å²) in [5, 5.41) is 9.60. The Morgan fingerprint density at radius 2 is 1.90 bits per heavy atom. The molecule has 148 valence electrons. The molecule has 0 unspecified atom stereocenters. The quantitative estimate of drug-likeness (QED) is 0.572. The maximum absolute atomic E-state index is 12.4. The van der Waals surface area contributed by atoms with E-state index >= 15 is 0 Å². The van der Waals surface area contributed by atoms with Crippen molar-refractivity contribution < 1.29 is 18.7 Å². The predicted molar refractivity (Wildman–Crippen MR) is 109 cm³/mol. The van der Waals surface area contributed by atoms with E-state index in [-0.39, 0.29) is 12.5 Å². The number of likely N-dealkylation sites (N-methyl/N-ethyl adjacent to an activating group) is 1. The molecule has 0 N–H and O–H groups in total. The lowest BCUT2D eigenvalue weighted by molar-refractivity contribution is -0.132. The number of nitrogens with zero attached hydrogens (tertiary/aromatic N) is 2. The summed E-state index contributed by atoms with van der Waals surface area (Å²) in [5.41, 5.74) is 1.36. The van der Waals surface area contributed by atoms with Gasteiger partial charge in [-0.25, -0.2) is 0 Å². The highest BCUT2D eigenvalue weighted by Gasteiger charge is 2.15. The van der Waals surface area contributed by atoms with Gasteiger partial charge in [-0.3, -0.25) is 4.79 Å². The molecule has 3 rings (SSSR count). The molecule has 1 amide bonds. The molecule has 0 bridgehead atoms. The third-order valence-electron chi connectivity index (χ3n) is 4.25. The summed E-state index contributed by atoms with van der Waals surface area (Å²) in [6.07, 6.45) is 0. The van der Waals surface area contributed by atoms with Crippen molar-refractivity contribution in [2.75, 3.05) is 20.8 Å². The molecule has 0 atom stereocenters. The van der Waals surface area contributed by atoms with Gasteiger partial charge in [-0.2, -0.15) is 5.26 Å². The largest absolute Gasteiger partial charge is 0.493 e. The number of furan rings is 1. The first-order valence-electron chi connectivity index (χ1n) is 8.79. The van der Waals surface area contributed by atoms with Crippen molar-refractivity contribution in [3.05, 3.63) is 70.9 Å². The lowest BCUT2D eigenvalue weighted by atomic mass is 10.2. The van der Waals surface area contributed by atoms with Crippen LogP contribution in [0.4, 0.5) is 0 Å². The van der Waals surface area contributed by atoms with Crippen LogP contribution >= 0.6 is 11.6 Å². The van der Waals surface area contributed by atoms with E-state index in [1.54, 1.807) is 37.4 Å². The molecule has 0 aliphatic heterocycles. The van der Waals surface area contributed by atoms with Gasteiger partial charge in [-0.05, 0) is 48.5 Å². The van der Waals surface area contributed by atoms with Gasteiger partial charge in [0.1, 0.15) is 11.5 Å². The average molecular weight is 411 g/mol. The van der Waals surface area contributed by atoms with Crippen molar-refractivity contribution >= 4 is 17.5 Å². The van der Waals surface area contributed by atoms with Gasteiger partial charge in [0.25, 0.3) is 5.91 Å². The van der Waals surface area contributed by atoms with E-state index < -0.39 is 0 Å². The van der Waals surface area contributed by atoms with Crippen molar-refractivity contribution in [1.29, 1.82) is 5.26 Å². The van der Waals surface area contributed by atoms with Gasteiger partial charge in [-0.1, -0.05) is 11.6 Å². The molecule has 0 aliphatic rings. The Morgan fingerprint density at radius 1 is 1.14 bits per heavy atom. The lowest BCUT2D eigenvalue weighted by Gasteiger charge is -2.17. The molecule has 0 fully saturated rings. The Morgan fingerprint density at radius 3 is 2.59 bits per heavy atom. The fourth-order valence-corrected chi connectivity index (χ4v) is 2.79. The predicted octanol–water partition coefficient (Wildman–Crippen LogP) is 4.52. The van der Waals surface area contributed by atoms with E-state index in [0.29, 0.717) is 40.2 Å². The molecule has 29 heavy (non-hydrogen) atoms. The van der Waals surface area contributed by atoms with Crippen LogP contribution in [0.1, 0.15) is 11.3 Å². The van der Waals surface area contributed by atoms with E-state index in [2.05, 4.69) is 0 Å². The number of amides is 1. The standard InChI is InChI=1S/C22H19ClN2O4/c1-25(13-18-8-10-19(29-18)16-4-6-17(23)7-5-16)22(26)14-28-20-9-3-15(12-24)11-21(20)27-2/h3-11H,13-14H2,1-2H3. The van der Waals surface area contributed by atoms with Crippen LogP contribution in [0.25, 0.3) is 11.3 Å². The Hall–Kier alpha value is -3.43. The third kappa shape index (κ3) is 5.09. The van der Waals surface area contributed by atoms with Gasteiger partial charge in [0.05, 0.1) is 25.3 Å². The zero-order valence-electron chi connectivity index (χ0n) is 16.0. The number of methoxy groups -OCH3 is 1. The molecule has 1 aromatic heterocycles. The van der Waals surface area contributed by atoms with Crippen LogP contribution in [0.5, 0.6) is 11.5 Å². The van der Waals surface area contributed by atoms with Crippen LogP contribution in [0.3, 0.4) is 0 Å². The summed E-state index contributed by atoms with van der Waals surface area (Å²) in [5.74, 6) is 1.94. The summed E-state index contributed by atoms with van der Waals surface area (Å²) in [6.45, 7) is 0.143. The molecule has 0 radical (unpaired) electrons. The fraction of sp³-hybridized carbons (Fsp3) is 0.182. The Kier molecular flexibility index (Phi) is 6.43. The number of carbonyl (C=O) groups is 1. The molecule has 0 spiro atoms. The average Bonchev–Trinajstić information content (AvgIpc) is 3.20. The smallest absolute Gasteiger partial charge is 0.260 e. The first kappa shape index (κ1) is 20.3. The van der Waals surface area contributed by atoms with Crippen LogP contribution < -0.4 is 9.47 Å². The molecule has 1 heterocycles. The van der Waals surface area contributed by atoms with E-state index in [1.807, 2.05) is 30.3 Å². The second kappa shape index (κ2) is 9.18. The molecule has 6 nitrogen and oxygen atoms in total. The number of nitriles is 1. The SMILES string of the molecule is COc1cc(C#N)ccc1OCC(=O)N(C)Cc1ccc(-c2ccc(Cl)cc2)o1. The number of hydrogen-bond donors (Lipinski definition) is 0. The molecule has 3 aromatic rings. The Bertz CT molecular complexity index is 1040. The zero-order valence-corrected chi connectivity index (χ0v) is 16.8. The van der Waals surface area contributed by atoms with Gasteiger partial charge >= 0.3 is 0 Å². The third-order valence-corrected chi connectivity index (χ3v) is 4.51. The van der Waals surface area contributed by atoms with Crippen molar-refractivity contribution in [1.82, 2.24) is 4.90 Å². The first-order valence-corrected chi connectivity index (χ1v) is 9.17. The lowest BCUT2D eigenvalue weighted by Crippen LogP contribution is -2.30. The van der Waals surface area contributed by atoms with Crippen LogP contribution in [-0.2, 0) is 11.3 Å². The summed E-state index contributed by atoms with van der Waals surface area (Å²) in [4.78, 5) is 13.9. The van der Waals surface area contributed by atoms with Gasteiger partial charge in [0, 0.05) is 23.7 Å². The Labute approximate surface area is 173 Å². The second-order valence-electron chi connectivity index (χ2n) is 6.29. The van der Waals surface area contributed by atoms with Crippen molar-refractivity contribution in [2.45, 2.75) is 6.54 Å². The summed E-state index contributed by atoms with van der Waals surface area (Å²) in [7, 11) is 3.15. The Balaban J connectivity index is 1.59. The molecule has 7 heteroatoms. The highest BCUT2D eigenvalue weighted by molar-refractivity contribution is 6.30. The van der Waals surface area contributed by atoms with Gasteiger partial charge in [0.15, 0.2) is 18.1 Å². The summed E-state index contributed by atoms with van der Waals surface area (Å²) >= 11 is 5.91. The highest BCUT2D eigenvalue weighted by atomic mass is 35.5. The summed E-state index contributed by atoms with van der Waals surface area (Å²) < 4.78 is 16.6. The normalized spacial score (nSPS) is 10.3. The van der Waals surface area contributed by atoms with Crippen LogP contribution in [-0.4, -0.2) is 31.6 Å². The van der Waals surface area contributed by atoms with Gasteiger partial charge < -0.3 is 18.8 Å². The highest BCUT2D eigenvalue weighted by Crippen LogP contribution is 2.28. The van der Waals surface area contributed by atoms with Gasteiger partial charge in [0.2, 0.25) is 0 Å².